The van der Waals surface area contributed by atoms with Crippen LogP contribution in [0.3, 0.4) is 0 Å². The second-order valence-corrected chi connectivity index (χ2v) is 12.3. The van der Waals surface area contributed by atoms with Crippen molar-refractivity contribution in [1.82, 2.24) is 14.7 Å². The predicted molar refractivity (Wildman–Crippen MR) is 152 cm³/mol. The Kier molecular flexibility index (Phi) is 7.38. The Morgan fingerprint density at radius 2 is 1.74 bits per heavy atom. The van der Waals surface area contributed by atoms with Gasteiger partial charge in [0.1, 0.15) is 12.4 Å². The third-order valence-electron chi connectivity index (χ3n) is 7.05. The number of amides is 2. The van der Waals surface area contributed by atoms with Gasteiger partial charge in [0.05, 0.1) is 35.6 Å². The number of aromatic nitrogens is 2. The first-order valence-corrected chi connectivity index (χ1v) is 14.2. The zero-order chi connectivity index (χ0) is 27.0. The predicted octanol–water partition coefficient (Wildman–Crippen LogP) is 4.81. The number of hydrogen-bond donors (Lipinski definition) is 0. The Balaban J connectivity index is 1.73. The van der Waals surface area contributed by atoms with Gasteiger partial charge in [-0.3, -0.25) is 14.5 Å². The van der Waals surface area contributed by atoms with Crippen LogP contribution in [0.15, 0.2) is 48.5 Å². The van der Waals surface area contributed by atoms with Crippen LogP contribution in [0.5, 0.6) is 0 Å². The van der Waals surface area contributed by atoms with Crippen molar-refractivity contribution >= 4 is 29.4 Å². The van der Waals surface area contributed by atoms with Gasteiger partial charge in [0.2, 0.25) is 11.8 Å². The smallest absolute Gasteiger partial charge is 0.242 e. The maximum atomic E-state index is 13.8. The minimum absolute atomic E-state index is 0.0198. The summed E-state index contributed by atoms with van der Waals surface area (Å²) in [6.07, 6.45) is 0. The summed E-state index contributed by atoms with van der Waals surface area (Å²) < 4.78 is 7.34. The molecule has 7 nitrogen and oxygen atoms in total. The van der Waals surface area contributed by atoms with Crippen molar-refractivity contribution in [1.29, 1.82) is 0 Å². The summed E-state index contributed by atoms with van der Waals surface area (Å²) in [5.74, 6) is 0.827. The average molecular weight is 533 g/mol. The number of carbonyl (C=O) groups excluding carboxylic acids is 2. The van der Waals surface area contributed by atoms with Crippen LogP contribution in [-0.4, -0.2) is 65.1 Å². The van der Waals surface area contributed by atoms with E-state index < -0.39 is 0 Å². The van der Waals surface area contributed by atoms with E-state index >= 15 is 0 Å². The van der Waals surface area contributed by atoms with Gasteiger partial charge in [-0.25, -0.2) is 4.68 Å². The van der Waals surface area contributed by atoms with Gasteiger partial charge in [0.15, 0.2) is 0 Å². The molecule has 1 atom stereocenters. The highest BCUT2D eigenvalue weighted by Gasteiger charge is 2.40. The van der Waals surface area contributed by atoms with Crippen molar-refractivity contribution in [2.75, 3.05) is 43.5 Å². The van der Waals surface area contributed by atoms with Gasteiger partial charge in [-0.1, -0.05) is 62.7 Å². The Morgan fingerprint density at radius 3 is 2.39 bits per heavy atom. The Morgan fingerprint density at radius 1 is 1.05 bits per heavy atom. The standard InChI is InChI=1S/C30H36N4O3S/c1-20-8-6-10-22(16-20)27-26-28(30(3,4)5)31-34(23-11-7-9-21(2)17-23)29(26)33(25(36)19-38-27)18-24(35)32-12-14-37-15-13-32/h6-11,16-17,27H,12-15,18-19H2,1-5H3/t27-/m1/s1. The number of hydrogen-bond acceptors (Lipinski definition) is 5. The molecule has 0 N–H and O–H groups in total. The SMILES string of the molecule is Cc1cccc([C@H]2SCC(=O)N(CC(=O)N3CCOCC3)c3c2c(C(C)(C)C)nn3-c2cccc(C)c2)c1. The molecule has 0 unspecified atom stereocenters. The lowest BCUT2D eigenvalue weighted by Gasteiger charge is -2.30. The van der Waals surface area contributed by atoms with Crippen molar-refractivity contribution in [3.8, 4) is 5.69 Å². The summed E-state index contributed by atoms with van der Waals surface area (Å²) in [5, 5.41) is 5.09. The zero-order valence-electron chi connectivity index (χ0n) is 22.9. The molecule has 0 spiro atoms. The number of fused-ring (bicyclic) bond motifs is 1. The van der Waals surface area contributed by atoms with Gasteiger partial charge >= 0.3 is 0 Å². The number of ether oxygens (including phenoxy) is 1. The maximum Gasteiger partial charge on any atom is 0.242 e. The third-order valence-corrected chi connectivity index (χ3v) is 8.30. The van der Waals surface area contributed by atoms with Crippen LogP contribution in [0.4, 0.5) is 5.82 Å². The topological polar surface area (TPSA) is 67.7 Å². The van der Waals surface area contributed by atoms with E-state index in [2.05, 4.69) is 58.0 Å². The van der Waals surface area contributed by atoms with Gasteiger partial charge in [-0.05, 0) is 37.1 Å². The van der Waals surface area contributed by atoms with Crippen LogP contribution in [-0.2, 0) is 19.7 Å². The molecule has 38 heavy (non-hydrogen) atoms. The minimum Gasteiger partial charge on any atom is -0.378 e. The third kappa shape index (κ3) is 5.24. The fraction of sp³-hybridized carbons (Fsp3) is 0.433. The number of morpholine rings is 1. The van der Waals surface area contributed by atoms with Crippen LogP contribution < -0.4 is 4.90 Å². The fourth-order valence-electron chi connectivity index (χ4n) is 5.16. The van der Waals surface area contributed by atoms with Gasteiger partial charge in [-0.15, -0.1) is 11.8 Å². The van der Waals surface area contributed by atoms with E-state index in [1.54, 1.807) is 21.6 Å². The van der Waals surface area contributed by atoms with Gasteiger partial charge in [0, 0.05) is 24.1 Å². The molecule has 5 rings (SSSR count). The lowest BCUT2D eigenvalue weighted by atomic mass is 9.87. The van der Waals surface area contributed by atoms with Crippen LogP contribution in [0.2, 0.25) is 0 Å². The summed E-state index contributed by atoms with van der Waals surface area (Å²) in [4.78, 5) is 30.8. The summed E-state index contributed by atoms with van der Waals surface area (Å²) in [6, 6.07) is 16.6. The van der Waals surface area contributed by atoms with Crippen molar-refractivity contribution < 1.29 is 14.3 Å². The first-order chi connectivity index (χ1) is 18.1. The Hall–Kier alpha value is -3.10. The summed E-state index contributed by atoms with van der Waals surface area (Å²) in [7, 11) is 0. The first kappa shape index (κ1) is 26.5. The first-order valence-electron chi connectivity index (χ1n) is 13.2. The molecule has 1 fully saturated rings. The molecule has 200 valence electrons. The zero-order valence-corrected chi connectivity index (χ0v) is 23.7. The Labute approximate surface area is 229 Å². The normalized spacial score (nSPS) is 18.3. The van der Waals surface area contributed by atoms with Gasteiger partial charge in [-0.2, -0.15) is 5.10 Å². The lowest BCUT2D eigenvalue weighted by Crippen LogP contribution is -2.48. The highest BCUT2D eigenvalue weighted by molar-refractivity contribution is 8.00. The van der Waals surface area contributed by atoms with E-state index in [1.807, 2.05) is 29.8 Å². The van der Waals surface area contributed by atoms with Crippen molar-refractivity contribution in [2.24, 2.45) is 0 Å². The molecule has 2 aliphatic heterocycles. The molecule has 0 saturated carbocycles. The van der Waals surface area contributed by atoms with E-state index in [1.165, 1.54) is 5.56 Å². The number of anilines is 1. The average Bonchev–Trinajstić information content (AvgIpc) is 3.22. The van der Waals surface area contributed by atoms with Crippen molar-refractivity contribution in [3.63, 3.8) is 0 Å². The number of thioether (sulfide) groups is 1. The molecule has 8 heteroatoms. The second kappa shape index (κ2) is 10.6. The minimum atomic E-state index is -0.283. The molecule has 2 aliphatic rings. The molecule has 1 aromatic heterocycles. The molecule has 3 heterocycles. The van der Waals surface area contributed by atoms with Crippen LogP contribution >= 0.6 is 11.8 Å². The van der Waals surface area contributed by atoms with Gasteiger partial charge < -0.3 is 9.64 Å². The van der Waals surface area contributed by atoms with E-state index in [0.717, 1.165) is 28.1 Å². The number of carbonyl (C=O) groups is 2. The molecule has 0 bridgehead atoms. The molecule has 2 aromatic carbocycles. The summed E-state index contributed by atoms with van der Waals surface area (Å²) in [5.41, 5.74) is 5.95. The Bertz CT molecular complexity index is 1350. The van der Waals surface area contributed by atoms with Gasteiger partial charge in [0.25, 0.3) is 0 Å². The van der Waals surface area contributed by atoms with Crippen molar-refractivity contribution in [3.05, 3.63) is 76.5 Å². The van der Waals surface area contributed by atoms with Crippen LogP contribution in [0.1, 0.15) is 54.0 Å². The number of nitrogens with zero attached hydrogens (tertiary/aromatic N) is 4. The quantitative estimate of drug-likeness (QED) is 0.482. The number of benzene rings is 2. The van der Waals surface area contributed by atoms with E-state index in [9.17, 15) is 9.59 Å². The molecule has 0 radical (unpaired) electrons. The summed E-state index contributed by atoms with van der Waals surface area (Å²) >= 11 is 1.62. The van der Waals surface area contributed by atoms with E-state index in [0.29, 0.717) is 32.1 Å². The molecule has 1 saturated heterocycles. The lowest BCUT2D eigenvalue weighted by molar-refractivity contribution is -0.134. The van der Waals surface area contributed by atoms with E-state index in [4.69, 9.17) is 9.84 Å². The largest absolute Gasteiger partial charge is 0.378 e. The molecular weight excluding hydrogens is 496 g/mol. The van der Waals surface area contributed by atoms with E-state index in [-0.39, 0.29) is 34.8 Å². The molecule has 2 amide bonds. The molecule has 0 aliphatic carbocycles. The number of rotatable bonds is 4. The molecule has 3 aromatic rings. The van der Waals surface area contributed by atoms with Crippen molar-refractivity contribution in [2.45, 2.75) is 45.3 Å². The fourth-order valence-corrected chi connectivity index (χ4v) is 6.35. The maximum absolute atomic E-state index is 13.8. The van der Waals surface area contributed by atoms with Crippen LogP contribution in [0, 0.1) is 13.8 Å². The highest BCUT2D eigenvalue weighted by Crippen LogP contribution is 2.48. The monoisotopic (exact) mass is 532 g/mol. The van der Waals surface area contributed by atoms with Crippen LogP contribution in [0.25, 0.3) is 5.69 Å². The number of aryl methyl sites for hydroxylation is 2. The highest BCUT2D eigenvalue weighted by atomic mass is 32.2. The second-order valence-electron chi connectivity index (χ2n) is 11.2. The summed E-state index contributed by atoms with van der Waals surface area (Å²) in [6.45, 7) is 12.7. The molecular formula is C30H36N4O3S.